The summed E-state index contributed by atoms with van der Waals surface area (Å²) in [6.45, 7) is 0. The van der Waals surface area contributed by atoms with Crippen molar-refractivity contribution < 1.29 is 0 Å². The van der Waals surface area contributed by atoms with Crippen LogP contribution in [0.5, 0.6) is 0 Å². The van der Waals surface area contributed by atoms with Gasteiger partial charge in [0.15, 0.2) is 0 Å². The first kappa shape index (κ1) is 32.1. The van der Waals surface area contributed by atoms with E-state index >= 15 is 0 Å². The molecule has 3 aromatic heterocycles. The maximum absolute atomic E-state index is 5.38. The average molecular weight is 722 g/mol. The van der Waals surface area contributed by atoms with Gasteiger partial charge in [-0.3, -0.25) is 0 Å². The summed E-state index contributed by atoms with van der Waals surface area (Å²) >= 11 is 11.8. The van der Waals surface area contributed by atoms with Crippen LogP contribution in [0.1, 0.15) is 22.8 Å². The molecule has 7 aromatic rings. The summed E-state index contributed by atoms with van der Waals surface area (Å²) in [7, 11) is 0. The highest BCUT2D eigenvalue weighted by atomic mass is 32.2. The monoisotopic (exact) mass is 721 g/mol. The molecule has 0 spiro atoms. The molecule has 0 aliphatic carbocycles. The predicted octanol–water partition coefficient (Wildman–Crippen LogP) is 12.2. The molecule has 0 saturated carbocycles. The Bertz CT molecular complexity index is 2670. The van der Waals surface area contributed by atoms with Crippen LogP contribution in [0.2, 0.25) is 0 Å². The zero-order chi connectivity index (χ0) is 35.0. The van der Waals surface area contributed by atoms with E-state index in [1.807, 2.05) is 18.2 Å². The quantitative estimate of drug-likeness (QED) is 0.105. The molecule has 0 amide bonds. The lowest BCUT2D eigenvalue weighted by molar-refractivity contribution is 1.31. The third kappa shape index (κ3) is 6.09. The van der Waals surface area contributed by atoms with E-state index in [9.17, 15) is 0 Å². The zero-order valence-electron chi connectivity index (χ0n) is 27.7. The molecule has 2 N–H and O–H groups in total. The number of nitrogens with one attached hydrogen (secondary N) is 2. The van der Waals surface area contributed by atoms with Gasteiger partial charge in [-0.25, -0.2) is 9.97 Å². The highest BCUT2D eigenvalue weighted by Crippen LogP contribution is 2.38. The summed E-state index contributed by atoms with van der Waals surface area (Å²) in [5.74, 6) is 0. The molecule has 5 heterocycles. The van der Waals surface area contributed by atoms with Crippen LogP contribution < -0.4 is 0 Å². The van der Waals surface area contributed by atoms with Crippen molar-refractivity contribution in [1.29, 1.82) is 0 Å². The Morgan fingerprint density at radius 3 is 1.04 bits per heavy atom. The van der Waals surface area contributed by atoms with Crippen molar-refractivity contribution in [3.8, 4) is 44.5 Å². The molecule has 248 valence electrons. The molecule has 52 heavy (non-hydrogen) atoms. The Labute approximate surface area is 316 Å². The van der Waals surface area contributed by atoms with Crippen molar-refractivity contribution in [2.75, 3.05) is 0 Å². The number of H-pyrrole nitrogens is 2. The van der Waals surface area contributed by atoms with Crippen molar-refractivity contribution >= 4 is 86.5 Å². The van der Waals surface area contributed by atoms with E-state index in [2.05, 4.69) is 156 Å². The topological polar surface area (TPSA) is 57.4 Å². The summed E-state index contributed by atoms with van der Waals surface area (Å²) in [6, 6.07) is 48.3. The molecular weight excluding hydrogens is 693 g/mol. The van der Waals surface area contributed by atoms with Gasteiger partial charge in [0, 0.05) is 49.2 Å². The molecule has 0 fully saturated rings. The first-order valence-corrected chi connectivity index (χ1v) is 18.5. The summed E-state index contributed by atoms with van der Waals surface area (Å²) in [4.78, 5) is 19.4. The van der Waals surface area contributed by atoms with Crippen molar-refractivity contribution in [3.05, 3.63) is 162 Å². The van der Waals surface area contributed by atoms with Crippen molar-refractivity contribution in [1.82, 2.24) is 19.9 Å². The molecule has 0 unspecified atom stereocenters. The minimum Gasteiger partial charge on any atom is -0.422 e. The molecule has 2 aliphatic rings. The molecule has 4 aromatic carbocycles. The second kappa shape index (κ2) is 13.7. The van der Waals surface area contributed by atoms with Crippen LogP contribution in [-0.4, -0.2) is 23.5 Å². The van der Waals surface area contributed by atoms with Gasteiger partial charge in [-0.2, -0.15) is 0 Å². The highest BCUT2D eigenvalue weighted by Gasteiger charge is 2.18. The number of thioether (sulfide) groups is 1. The first-order chi connectivity index (χ1) is 25.6. The standard InChI is InChI=1S/C45H30N4S3/c50-45(51)52-32-18-16-31(17-19-32)44-39-26-24-37(48-39)42(29-12-6-2-7-13-29)35-22-20-33(46-35)41(28-10-4-1-5-11-28)34-21-23-36(47-34)43(30-14-8-3-9-15-30)38-25-27-40(44)49-38/h1-27,46,49H,(H,50,51)/p-1. The van der Waals surface area contributed by atoms with E-state index in [0.29, 0.717) is 3.53 Å². The van der Waals surface area contributed by atoms with E-state index in [1.165, 1.54) is 11.8 Å². The fraction of sp³-hybridized carbons (Fsp3) is 0. The van der Waals surface area contributed by atoms with E-state index in [-0.39, 0.29) is 0 Å². The van der Waals surface area contributed by atoms with E-state index in [1.54, 1.807) is 0 Å². The SMILES string of the molecule is S=C([S-])Sc1ccc(-c2c3nc(c(-c4ccccc4)c4ccc([nH]4)c(-c4ccccc4)c4nc(c(-c5ccccc5)c5ccc2[nH]5)C=C4)C=C3)cc1. The fourth-order valence-corrected chi connectivity index (χ4v) is 8.06. The largest absolute Gasteiger partial charge is 0.422 e. The molecule has 7 heteroatoms. The van der Waals surface area contributed by atoms with Crippen LogP contribution in [0, 0.1) is 0 Å². The lowest BCUT2D eigenvalue weighted by Gasteiger charge is -2.08. The van der Waals surface area contributed by atoms with Crippen LogP contribution in [0.15, 0.2) is 144 Å². The first-order valence-electron chi connectivity index (χ1n) is 16.9. The van der Waals surface area contributed by atoms with Gasteiger partial charge in [0.05, 0.1) is 22.8 Å². The Hall–Kier alpha value is -5.86. The maximum Gasteiger partial charge on any atom is 0.0737 e. The van der Waals surface area contributed by atoms with Gasteiger partial charge in [-0.05, 0) is 83.0 Å². The Morgan fingerprint density at radius 2 is 0.731 bits per heavy atom. The van der Waals surface area contributed by atoms with Crippen LogP contribution in [0.25, 0.3) is 90.9 Å². The van der Waals surface area contributed by atoms with Gasteiger partial charge < -0.3 is 34.8 Å². The molecule has 4 nitrogen and oxygen atoms in total. The van der Waals surface area contributed by atoms with Gasteiger partial charge in [0.2, 0.25) is 0 Å². The van der Waals surface area contributed by atoms with Crippen molar-refractivity contribution in [2.45, 2.75) is 4.90 Å². The average Bonchev–Trinajstić information content (AvgIpc) is 4.01. The minimum absolute atomic E-state index is 0.472. The molecular formula is C45H29N4S3-. The van der Waals surface area contributed by atoms with Crippen LogP contribution in [0.4, 0.5) is 0 Å². The number of rotatable bonds is 5. The summed E-state index contributed by atoms with van der Waals surface area (Å²) in [5.41, 5.74) is 15.7. The number of hydrogen-bond acceptors (Lipinski definition) is 5. The predicted molar refractivity (Wildman–Crippen MR) is 226 cm³/mol. The third-order valence-electron chi connectivity index (χ3n) is 9.29. The van der Waals surface area contributed by atoms with Gasteiger partial charge in [0.25, 0.3) is 0 Å². The molecule has 2 aliphatic heterocycles. The van der Waals surface area contributed by atoms with Crippen molar-refractivity contribution in [3.63, 3.8) is 0 Å². The molecule has 8 bridgehead atoms. The fourth-order valence-electron chi connectivity index (χ4n) is 7.02. The Morgan fingerprint density at radius 1 is 0.423 bits per heavy atom. The third-order valence-corrected chi connectivity index (χ3v) is 10.5. The lowest BCUT2D eigenvalue weighted by Crippen LogP contribution is -1.89. The Balaban J connectivity index is 1.44. The van der Waals surface area contributed by atoms with Crippen LogP contribution in [0.3, 0.4) is 0 Å². The minimum atomic E-state index is 0.472. The van der Waals surface area contributed by atoms with Gasteiger partial charge in [0.1, 0.15) is 0 Å². The molecule has 0 saturated heterocycles. The summed E-state index contributed by atoms with van der Waals surface area (Å²) in [5, 5.41) is 0. The summed E-state index contributed by atoms with van der Waals surface area (Å²) < 4.78 is 0.472. The number of thiocarbonyl (C=S) groups is 1. The van der Waals surface area contributed by atoms with E-state index < -0.39 is 0 Å². The van der Waals surface area contributed by atoms with Gasteiger partial charge in [-0.1, -0.05) is 107 Å². The van der Waals surface area contributed by atoms with Crippen LogP contribution >= 0.6 is 24.0 Å². The van der Waals surface area contributed by atoms with Gasteiger partial charge >= 0.3 is 0 Å². The van der Waals surface area contributed by atoms with Crippen molar-refractivity contribution in [2.24, 2.45) is 0 Å². The zero-order valence-corrected chi connectivity index (χ0v) is 30.2. The second-order valence-electron chi connectivity index (χ2n) is 12.5. The number of aromatic nitrogens is 4. The number of benzene rings is 4. The number of hydrogen-bond donors (Lipinski definition) is 2. The smallest absolute Gasteiger partial charge is 0.0737 e. The van der Waals surface area contributed by atoms with Crippen LogP contribution in [-0.2, 0) is 12.6 Å². The van der Waals surface area contributed by atoms with E-state index in [0.717, 1.165) is 94.2 Å². The number of aromatic amines is 2. The van der Waals surface area contributed by atoms with Gasteiger partial charge in [-0.15, -0.1) is 11.8 Å². The maximum atomic E-state index is 5.38. The number of nitrogens with zero attached hydrogens (tertiary/aromatic N) is 2. The highest BCUT2D eigenvalue weighted by molar-refractivity contribution is 8.36. The molecule has 9 rings (SSSR count). The molecule has 0 radical (unpaired) electrons. The number of fused-ring (bicyclic) bond motifs is 8. The normalized spacial score (nSPS) is 11.9. The Kier molecular flexibility index (Phi) is 8.45. The lowest BCUT2D eigenvalue weighted by atomic mass is 10.0. The molecule has 0 atom stereocenters. The summed E-state index contributed by atoms with van der Waals surface area (Å²) in [6.07, 6.45) is 8.49. The second-order valence-corrected chi connectivity index (χ2v) is 15.2. The van der Waals surface area contributed by atoms with E-state index in [4.69, 9.17) is 34.8 Å².